The van der Waals surface area contributed by atoms with Crippen molar-refractivity contribution in [3.63, 3.8) is 0 Å². The zero-order valence-electron chi connectivity index (χ0n) is 15.9. The molecule has 2 aromatic heterocycles. The van der Waals surface area contributed by atoms with Crippen molar-refractivity contribution in [3.05, 3.63) is 54.0 Å². The summed E-state index contributed by atoms with van der Waals surface area (Å²) in [5, 5.41) is 5.23. The number of aromatic nitrogens is 3. The lowest BCUT2D eigenvalue weighted by Crippen LogP contribution is -2.19. The summed E-state index contributed by atoms with van der Waals surface area (Å²) in [5.41, 5.74) is 6.44. The number of methoxy groups -OCH3 is 1. The van der Waals surface area contributed by atoms with Gasteiger partial charge in [0.1, 0.15) is 11.4 Å². The second-order valence-electron chi connectivity index (χ2n) is 6.44. The molecular weight excluding hydrogens is 382 g/mol. The van der Waals surface area contributed by atoms with Gasteiger partial charge in [0, 0.05) is 24.3 Å². The Hall–Kier alpha value is -3.07. The summed E-state index contributed by atoms with van der Waals surface area (Å²) in [4.78, 5) is 14.9. The lowest BCUT2D eigenvalue weighted by molar-refractivity contribution is -0.0366. The van der Waals surface area contributed by atoms with Crippen LogP contribution in [-0.2, 0) is 4.74 Å². The standard InChI is InChI=1S/C14H17N3O3.C6H5F2N/c1-19-12-7-11-9(6-10(12)14(15)18)8-16-17(11)13-4-2-3-5-20-13;7-6(8)5-3-1-2-4-9-5/h6-8,13H,2-5H2,1H3,(H2,15,18);1-4,6H. The van der Waals surface area contributed by atoms with E-state index in [9.17, 15) is 13.6 Å². The Balaban J connectivity index is 0.000000224. The second-order valence-corrected chi connectivity index (χ2v) is 6.44. The van der Waals surface area contributed by atoms with Crippen LogP contribution in [0.1, 0.15) is 48.0 Å². The number of amides is 1. The van der Waals surface area contributed by atoms with Gasteiger partial charge in [0.2, 0.25) is 0 Å². The maximum Gasteiger partial charge on any atom is 0.280 e. The Morgan fingerprint density at radius 1 is 1.34 bits per heavy atom. The number of nitrogens with two attached hydrogens (primary N) is 1. The highest BCUT2D eigenvalue weighted by Crippen LogP contribution is 2.30. The number of alkyl halides is 2. The topological polar surface area (TPSA) is 92.3 Å². The molecule has 1 fully saturated rings. The molecule has 1 saturated heterocycles. The number of ether oxygens (including phenoxy) is 2. The molecule has 1 aliphatic heterocycles. The Morgan fingerprint density at radius 2 is 2.17 bits per heavy atom. The molecule has 0 saturated carbocycles. The minimum Gasteiger partial charge on any atom is -0.496 e. The molecule has 1 aliphatic rings. The van der Waals surface area contributed by atoms with Gasteiger partial charge in [-0.05, 0) is 37.5 Å². The first-order chi connectivity index (χ1) is 14.0. The van der Waals surface area contributed by atoms with E-state index < -0.39 is 12.3 Å². The van der Waals surface area contributed by atoms with Crippen molar-refractivity contribution in [3.8, 4) is 5.75 Å². The average Bonchev–Trinajstić information content (AvgIpc) is 3.17. The van der Waals surface area contributed by atoms with Gasteiger partial charge in [-0.1, -0.05) is 6.07 Å². The fourth-order valence-electron chi connectivity index (χ4n) is 3.09. The molecule has 2 N–H and O–H groups in total. The van der Waals surface area contributed by atoms with Crippen molar-refractivity contribution in [2.45, 2.75) is 31.9 Å². The fraction of sp³-hybridized carbons (Fsp3) is 0.350. The number of fused-ring (bicyclic) bond motifs is 1. The molecule has 1 aromatic carbocycles. The van der Waals surface area contributed by atoms with Gasteiger partial charge in [-0.15, -0.1) is 0 Å². The molecule has 29 heavy (non-hydrogen) atoms. The number of benzene rings is 1. The first-order valence-electron chi connectivity index (χ1n) is 9.17. The van der Waals surface area contributed by atoms with Crippen LogP contribution in [0.2, 0.25) is 0 Å². The Morgan fingerprint density at radius 3 is 2.72 bits per heavy atom. The van der Waals surface area contributed by atoms with E-state index in [0.29, 0.717) is 11.3 Å². The van der Waals surface area contributed by atoms with Crippen LogP contribution in [-0.4, -0.2) is 34.4 Å². The largest absolute Gasteiger partial charge is 0.496 e. The van der Waals surface area contributed by atoms with Gasteiger partial charge in [-0.2, -0.15) is 5.10 Å². The third kappa shape index (κ3) is 4.86. The second kappa shape index (κ2) is 9.42. The smallest absolute Gasteiger partial charge is 0.280 e. The molecule has 0 aliphatic carbocycles. The zero-order valence-corrected chi connectivity index (χ0v) is 15.9. The summed E-state index contributed by atoms with van der Waals surface area (Å²) < 4.78 is 36.3. The van der Waals surface area contributed by atoms with Crippen LogP contribution < -0.4 is 10.5 Å². The lowest BCUT2D eigenvalue weighted by Gasteiger charge is -2.23. The quantitative estimate of drug-likeness (QED) is 0.713. The molecule has 4 rings (SSSR count). The van der Waals surface area contributed by atoms with E-state index in [1.54, 1.807) is 24.4 Å². The number of nitrogens with zero attached hydrogens (tertiary/aromatic N) is 3. The van der Waals surface area contributed by atoms with E-state index in [2.05, 4.69) is 10.1 Å². The average molecular weight is 404 g/mol. The van der Waals surface area contributed by atoms with Crippen molar-refractivity contribution in [1.82, 2.24) is 14.8 Å². The first-order valence-corrected chi connectivity index (χ1v) is 9.17. The van der Waals surface area contributed by atoms with Crippen LogP contribution in [0.5, 0.6) is 5.75 Å². The zero-order chi connectivity index (χ0) is 20.8. The van der Waals surface area contributed by atoms with E-state index in [0.717, 1.165) is 36.8 Å². The summed E-state index contributed by atoms with van der Waals surface area (Å²) >= 11 is 0. The van der Waals surface area contributed by atoms with Gasteiger partial charge in [0.15, 0.2) is 6.23 Å². The number of pyridine rings is 1. The molecule has 3 aromatic rings. The van der Waals surface area contributed by atoms with Crippen molar-refractivity contribution in [1.29, 1.82) is 0 Å². The maximum absolute atomic E-state index is 11.7. The van der Waals surface area contributed by atoms with Crippen molar-refractivity contribution < 1.29 is 23.0 Å². The molecule has 0 radical (unpaired) electrons. The van der Waals surface area contributed by atoms with Crippen molar-refractivity contribution >= 4 is 16.8 Å². The molecule has 7 nitrogen and oxygen atoms in total. The highest BCUT2D eigenvalue weighted by atomic mass is 19.3. The lowest BCUT2D eigenvalue weighted by atomic mass is 10.1. The third-order valence-corrected chi connectivity index (χ3v) is 4.52. The van der Waals surface area contributed by atoms with Crippen LogP contribution in [0.15, 0.2) is 42.7 Å². The molecule has 9 heteroatoms. The Kier molecular flexibility index (Phi) is 6.71. The summed E-state index contributed by atoms with van der Waals surface area (Å²) in [6.07, 6.45) is 3.72. The van der Waals surface area contributed by atoms with Gasteiger partial charge in [-0.25, -0.2) is 13.5 Å². The summed E-state index contributed by atoms with van der Waals surface area (Å²) in [5.74, 6) is -0.0482. The molecule has 154 valence electrons. The summed E-state index contributed by atoms with van der Waals surface area (Å²) in [6.45, 7) is 0.753. The van der Waals surface area contributed by atoms with Gasteiger partial charge >= 0.3 is 0 Å². The minimum absolute atomic E-state index is 0.0506. The minimum atomic E-state index is -2.45. The van der Waals surface area contributed by atoms with Crippen molar-refractivity contribution in [2.24, 2.45) is 5.73 Å². The van der Waals surface area contributed by atoms with Crippen molar-refractivity contribution in [2.75, 3.05) is 13.7 Å². The maximum atomic E-state index is 11.7. The molecule has 1 unspecified atom stereocenters. The third-order valence-electron chi connectivity index (χ3n) is 4.52. The predicted molar refractivity (Wildman–Crippen MR) is 103 cm³/mol. The molecule has 0 bridgehead atoms. The number of halogens is 2. The van der Waals surface area contributed by atoms with E-state index in [4.69, 9.17) is 15.2 Å². The normalized spacial score (nSPS) is 16.3. The predicted octanol–water partition coefficient (Wildman–Crippen LogP) is 3.86. The molecule has 1 atom stereocenters. The van der Waals surface area contributed by atoms with Crippen LogP contribution in [0.4, 0.5) is 8.78 Å². The Bertz CT molecular complexity index is 957. The molecular formula is C20H22F2N4O3. The van der Waals surface area contributed by atoms with E-state index in [1.807, 2.05) is 4.68 Å². The SMILES string of the molecule is COc1cc2c(cnn2C2CCCCO2)cc1C(N)=O.FC(F)c1ccccn1. The van der Waals surface area contributed by atoms with Crippen LogP contribution >= 0.6 is 0 Å². The van der Waals surface area contributed by atoms with E-state index in [-0.39, 0.29) is 11.9 Å². The number of hydrogen-bond acceptors (Lipinski definition) is 5. The highest BCUT2D eigenvalue weighted by Gasteiger charge is 2.20. The Labute approximate surface area is 166 Å². The number of primary amides is 1. The van der Waals surface area contributed by atoms with Crippen LogP contribution in [0.3, 0.4) is 0 Å². The van der Waals surface area contributed by atoms with Gasteiger partial charge < -0.3 is 15.2 Å². The van der Waals surface area contributed by atoms with Gasteiger partial charge in [0.05, 0.1) is 24.4 Å². The van der Waals surface area contributed by atoms with E-state index in [1.165, 1.54) is 25.4 Å². The highest BCUT2D eigenvalue weighted by molar-refractivity contribution is 6.00. The monoisotopic (exact) mass is 404 g/mol. The van der Waals surface area contributed by atoms with Gasteiger partial charge in [-0.3, -0.25) is 9.78 Å². The number of carbonyl (C=O) groups excluding carboxylic acids is 1. The molecule has 0 spiro atoms. The van der Waals surface area contributed by atoms with Crippen LogP contribution in [0.25, 0.3) is 10.9 Å². The summed E-state index contributed by atoms with van der Waals surface area (Å²) in [7, 11) is 1.52. The summed E-state index contributed by atoms with van der Waals surface area (Å²) in [6, 6.07) is 7.94. The van der Waals surface area contributed by atoms with Crippen LogP contribution in [0, 0.1) is 0 Å². The van der Waals surface area contributed by atoms with E-state index >= 15 is 0 Å². The first kappa shape index (κ1) is 20.7. The number of rotatable bonds is 4. The molecule has 3 heterocycles. The number of hydrogen-bond donors (Lipinski definition) is 1. The number of carbonyl (C=O) groups is 1. The van der Waals surface area contributed by atoms with Gasteiger partial charge in [0.25, 0.3) is 12.3 Å². The molecule has 1 amide bonds. The fourth-order valence-corrected chi connectivity index (χ4v) is 3.09.